The second-order valence-electron chi connectivity index (χ2n) is 4.76. The number of ketones is 1. The molecule has 0 aliphatic heterocycles. The molecule has 5 heteroatoms. The molecule has 0 bridgehead atoms. The van der Waals surface area contributed by atoms with Crippen LogP contribution in [0.4, 0.5) is 5.69 Å². The molecule has 0 fully saturated rings. The van der Waals surface area contributed by atoms with Gasteiger partial charge in [0.1, 0.15) is 0 Å². The summed E-state index contributed by atoms with van der Waals surface area (Å²) in [6.45, 7) is 1.58. The van der Waals surface area contributed by atoms with Crippen LogP contribution in [0.25, 0.3) is 0 Å². The van der Waals surface area contributed by atoms with E-state index in [1.54, 1.807) is 6.92 Å². The Kier molecular flexibility index (Phi) is 6.47. The van der Waals surface area contributed by atoms with Crippen LogP contribution in [-0.4, -0.2) is 5.78 Å². The van der Waals surface area contributed by atoms with Crippen molar-refractivity contribution in [3.8, 4) is 0 Å². The second kappa shape index (κ2) is 8.13. The van der Waals surface area contributed by atoms with Gasteiger partial charge in [0, 0.05) is 20.8 Å². The Hall–Kier alpha value is -0.850. The van der Waals surface area contributed by atoms with Crippen molar-refractivity contribution in [3.05, 3.63) is 73.2 Å². The van der Waals surface area contributed by atoms with E-state index in [9.17, 15) is 4.79 Å². The van der Waals surface area contributed by atoms with E-state index in [0.29, 0.717) is 10.6 Å². The maximum Gasteiger partial charge on any atom is 0.158 e. The lowest BCUT2D eigenvalue weighted by Gasteiger charge is -2.22. The number of benzene rings is 2. The minimum Gasteiger partial charge on any atom is -0.374 e. The topological polar surface area (TPSA) is 29.1 Å². The Labute approximate surface area is 157 Å². The van der Waals surface area contributed by atoms with Gasteiger partial charge in [-0.1, -0.05) is 62.3 Å². The molecule has 0 saturated heterocycles. The average molecular weight is 491 g/mol. The number of carbonyl (C=O) groups excluding carboxylic acids is 1. The van der Waals surface area contributed by atoms with E-state index < -0.39 is 0 Å². The smallest absolute Gasteiger partial charge is 0.158 e. The predicted molar refractivity (Wildman–Crippen MR) is 105 cm³/mol. The molecule has 1 N–H and O–H groups in total. The molecular formula is C17H14BrClINO. The lowest BCUT2D eigenvalue weighted by atomic mass is 9.97. The lowest BCUT2D eigenvalue weighted by molar-refractivity contribution is -0.113. The summed E-state index contributed by atoms with van der Waals surface area (Å²) in [7, 11) is 0. The van der Waals surface area contributed by atoms with Crippen LogP contribution < -0.4 is 5.32 Å². The highest BCUT2D eigenvalue weighted by Gasteiger charge is 2.20. The van der Waals surface area contributed by atoms with Crippen LogP contribution in [0.15, 0.2) is 62.7 Å². The third-order valence-electron chi connectivity index (χ3n) is 3.19. The van der Waals surface area contributed by atoms with Gasteiger partial charge in [-0.3, -0.25) is 4.79 Å². The number of rotatable bonds is 5. The molecule has 2 aromatic carbocycles. The molecule has 0 spiro atoms. The standard InChI is InChI=1S/C17H14BrClINO/c1-11(22)16(10-20)17(12-2-6-14(19)7-3-12)21-15-8-4-13(18)5-9-15/h2-10,17,21H,1H3/b16-10-. The van der Waals surface area contributed by atoms with E-state index in [1.165, 1.54) is 0 Å². The number of halogens is 3. The fourth-order valence-electron chi connectivity index (χ4n) is 2.05. The fraction of sp³-hybridized carbons (Fsp3) is 0.118. The second-order valence-corrected chi connectivity index (χ2v) is 6.73. The summed E-state index contributed by atoms with van der Waals surface area (Å²) in [6.07, 6.45) is 0. The molecule has 2 aromatic rings. The third kappa shape index (κ3) is 4.57. The summed E-state index contributed by atoms with van der Waals surface area (Å²) in [5.74, 6) is 0.0407. The van der Waals surface area contributed by atoms with E-state index in [-0.39, 0.29) is 11.8 Å². The quantitative estimate of drug-likeness (QED) is 0.402. The van der Waals surface area contributed by atoms with Crippen molar-refractivity contribution in [1.82, 2.24) is 0 Å². The zero-order valence-electron chi connectivity index (χ0n) is 11.8. The van der Waals surface area contributed by atoms with E-state index >= 15 is 0 Å². The maximum atomic E-state index is 12.0. The number of Topliss-reactive ketones (excluding diaryl/α,β-unsaturated/α-hetero) is 1. The summed E-state index contributed by atoms with van der Waals surface area (Å²) in [5.41, 5.74) is 2.65. The predicted octanol–water partition coefficient (Wildman–Crippen LogP) is 6.16. The maximum absolute atomic E-state index is 12.0. The van der Waals surface area contributed by atoms with Crippen LogP contribution in [0.1, 0.15) is 18.5 Å². The summed E-state index contributed by atoms with van der Waals surface area (Å²) in [4.78, 5) is 12.0. The summed E-state index contributed by atoms with van der Waals surface area (Å²) in [6, 6.07) is 15.2. The number of hydrogen-bond donors (Lipinski definition) is 1. The van der Waals surface area contributed by atoms with Crippen LogP contribution in [-0.2, 0) is 4.79 Å². The Balaban J connectivity index is 2.38. The number of hydrogen-bond acceptors (Lipinski definition) is 2. The van der Waals surface area contributed by atoms with Gasteiger partial charge < -0.3 is 5.32 Å². The van der Waals surface area contributed by atoms with Crippen molar-refractivity contribution in [3.63, 3.8) is 0 Å². The first-order valence-corrected chi connectivity index (χ1v) is 9.01. The van der Waals surface area contributed by atoms with Crippen LogP contribution in [0.5, 0.6) is 0 Å². The Morgan fingerprint density at radius 1 is 1.18 bits per heavy atom. The summed E-state index contributed by atoms with van der Waals surface area (Å²) < 4.78 is 2.84. The van der Waals surface area contributed by atoms with E-state index in [4.69, 9.17) is 11.6 Å². The van der Waals surface area contributed by atoms with E-state index in [1.807, 2.05) is 52.6 Å². The third-order valence-corrected chi connectivity index (χ3v) is 4.65. The molecule has 2 nitrogen and oxygen atoms in total. The van der Waals surface area contributed by atoms with Gasteiger partial charge in [-0.15, -0.1) is 0 Å². The molecular weight excluding hydrogens is 476 g/mol. The van der Waals surface area contributed by atoms with Crippen LogP contribution in [0, 0.1) is 0 Å². The monoisotopic (exact) mass is 489 g/mol. The van der Waals surface area contributed by atoms with Gasteiger partial charge in [0.15, 0.2) is 5.78 Å². The molecule has 0 aromatic heterocycles. The highest BCUT2D eigenvalue weighted by Crippen LogP contribution is 2.29. The van der Waals surface area contributed by atoms with Crippen LogP contribution in [0.2, 0.25) is 5.02 Å². The zero-order chi connectivity index (χ0) is 16.1. The zero-order valence-corrected chi connectivity index (χ0v) is 16.3. The van der Waals surface area contributed by atoms with Crippen molar-refractivity contribution in [1.29, 1.82) is 0 Å². The normalized spacial score (nSPS) is 12.8. The number of anilines is 1. The largest absolute Gasteiger partial charge is 0.374 e. The minimum atomic E-state index is -0.215. The summed E-state index contributed by atoms with van der Waals surface area (Å²) in [5, 5.41) is 4.09. The van der Waals surface area contributed by atoms with Gasteiger partial charge in [-0.25, -0.2) is 0 Å². The first-order valence-electron chi connectivity index (χ1n) is 6.60. The molecule has 0 saturated carbocycles. The molecule has 0 aliphatic carbocycles. The first kappa shape index (κ1) is 17.5. The molecule has 2 rings (SSSR count). The van der Waals surface area contributed by atoms with Crippen molar-refractivity contribution in [2.45, 2.75) is 13.0 Å². The molecule has 1 unspecified atom stereocenters. The molecule has 114 valence electrons. The fourth-order valence-corrected chi connectivity index (χ4v) is 3.24. The highest BCUT2D eigenvalue weighted by molar-refractivity contribution is 14.1. The van der Waals surface area contributed by atoms with Gasteiger partial charge >= 0.3 is 0 Å². The molecule has 0 heterocycles. The van der Waals surface area contributed by atoms with E-state index in [2.05, 4.69) is 43.8 Å². The van der Waals surface area contributed by atoms with Crippen LogP contribution in [0.3, 0.4) is 0 Å². The first-order chi connectivity index (χ1) is 10.5. The lowest BCUT2D eigenvalue weighted by Crippen LogP contribution is -2.17. The van der Waals surface area contributed by atoms with Gasteiger partial charge in [-0.05, 0) is 53.0 Å². The van der Waals surface area contributed by atoms with Crippen LogP contribution >= 0.6 is 50.1 Å². The van der Waals surface area contributed by atoms with Gasteiger partial charge in [0.2, 0.25) is 0 Å². The van der Waals surface area contributed by atoms with Crippen molar-refractivity contribution in [2.24, 2.45) is 0 Å². The van der Waals surface area contributed by atoms with E-state index in [0.717, 1.165) is 15.7 Å². The number of carbonyl (C=O) groups is 1. The summed E-state index contributed by atoms with van der Waals surface area (Å²) >= 11 is 11.5. The number of nitrogens with one attached hydrogen (secondary N) is 1. The van der Waals surface area contributed by atoms with Crippen molar-refractivity contribution in [2.75, 3.05) is 5.32 Å². The highest BCUT2D eigenvalue weighted by atomic mass is 127. The van der Waals surface area contributed by atoms with Gasteiger partial charge in [-0.2, -0.15) is 0 Å². The Morgan fingerprint density at radius 2 is 1.77 bits per heavy atom. The van der Waals surface area contributed by atoms with Crippen molar-refractivity contribution >= 4 is 61.6 Å². The minimum absolute atomic E-state index is 0.0407. The average Bonchev–Trinajstić information content (AvgIpc) is 2.49. The molecule has 0 amide bonds. The van der Waals surface area contributed by atoms with Gasteiger partial charge in [0.05, 0.1) is 6.04 Å². The molecule has 22 heavy (non-hydrogen) atoms. The Morgan fingerprint density at radius 3 is 2.27 bits per heavy atom. The Bertz CT molecular complexity index is 683. The van der Waals surface area contributed by atoms with Crippen molar-refractivity contribution < 1.29 is 4.79 Å². The molecule has 0 aliphatic rings. The SMILES string of the molecule is CC(=O)/C(=C/I)C(Nc1ccc(Br)cc1)c1ccc(Cl)cc1. The molecule has 0 radical (unpaired) electrons. The molecule has 1 atom stereocenters. The van der Waals surface area contributed by atoms with Gasteiger partial charge in [0.25, 0.3) is 0 Å².